The number of rotatable bonds is 6. The van der Waals surface area contributed by atoms with Crippen molar-refractivity contribution in [3.05, 3.63) is 83.0 Å². The molecule has 6 heteroatoms. The number of piperazine rings is 1. The molecule has 0 saturated carbocycles. The molecule has 1 saturated heterocycles. The first-order valence-corrected chi connectivity index (χ1v) is 11.3. The summed E-state index contributed by atoms with van der Waals surface area (Å²) in [5.74, 6) is 0.171. The molecule has 4 rings (SSSR count). The lowest BCUT2D eigenvalue weighted by atomic mass is 9.99. The van der Waals surface area contributed by atoms with E-state index in [2.05, 4.69) is 69.4 Å². The van der Waals surface area contributed by atoms with Gasteiger partial charge in [0.2, 0.25) is 0 Å². The number of benzene rings is 2. The summed E-state index contributed by atoms with van der Waals surface area (Å²) in [5.41, 5.74) is 5.17. The van der Waals surface area contributed by atoms with Crippen LogP contribution in [-0.2, 0) is 11.3 Å². The summed E-state index contributed by atoms with van der Waals surface area (Å²) in [6.45, 7) is 7.92. The molecule has 0 radical (unpaired) electrons. The topological polar surface area (TPSA) is 69.5 Å². The number of anilines is 1. The van der Waals surface area contributed by atoms with Gasteiger partial charge in [-0.15, -0.1) is 0 Å². The van der Waals surface area contributed by atoms with Gasteiger partial charge in [-0.25, -0.2) is 9.78 Å². The summed E-state index contributed by atoms with van der Waals surface area (Å²) in [5, 5.41) is 9.37. The second-order valence-electron chi connectivity index (χ2n) is 8.11. The van der Waals surface area contributed by atoms with Crippen LogP contribution in [0.2, 0.25) is 0 Å². The van der Waals surface area contributed by atoms with Gasteiger partial charge >= 0.3 is 5.97 Å². The van der Waals surface area contributed by atoms with Gasteiger partial charge in [-0.05, 0) is 36.6 Å². The molecule has 1 fully saturated rings. The van der Waals surface area contributed by atoms with Crippen molar-refractivity contribution in [3.63, 3.8) is 0 Å². The van der Waals surface area contributed by atoms with E-state index in [0.717, 1.165) is 32.7 Å². The van der Waals surface area contributed by atoms with Crippen LogP contribution in [0.3, 0.4) is 0 Å². The van der Waals surface area contributed by atoms with Gasteiger partial charge in [0.15, 0.2) is 0 Å². The van der Waals surface area contributed by atoms with Crippen molar-refractivity contribution >= 4 is 11.8 Å². The van der Waals surface area contributed by atoms with Crippen LogP contribution in [-0.4, -0.2) is 48.6 Å². The summed E-state index contributed by atoms with van der Waals surface area (Å²) in [6, 6.07) is 22.7. The summed E-state index contributed by atoms with van der Waals surface area (Å²) in [4.78, 5) is 21.7. The van der Waals surface area contributed by atoms with E-state index in [9.17, 15) is 10.1 Å². The smallest absolute Gasteiger partial charge is 0.341 e. The van der Waals surface area contributed by atoms with Crippen molar-refractivity contribution in [3.8, 4) is 17.2 Å². The molecule has 1 aromatic heterocycles. The minimum absolute atomic E-state index is 0.280. The van der Waals surface area contributed by atoms with Gasteiger partial charge in [-0.2, -0.15) is 5.26 Å². The Bertz CT molecular complexity index is 1160. The van der Waals surface area contributed by atoms with Crippen molar-refractivity contribution in [2.45, 2.75) is 20.4 Å². The third kappa shape index (κ3) is 5.05. The second kappa shape index (κ2) is 10.3. The molecule has 3 aromatic rings. The van der Waals surface area contributed by atoms with Crippen LogP contribution in [0.1, 0.15) is 34.1 Å². The number of hydrogen-bond donors (Lipinski definition) is 0. The monoisotopic (exact) mass is 440 g/mol. The fourth-order valence-corrected chi connectivity index (χ4v) is 4.22. The number of esters is 1. The van der Waals surface area contributed by atoms with Gasteiger partial charge in [0.1, 0.15) is 17.5 Å². The Morgan fingerprint density at radius 1 is 1.06 bits per heavy atom. The Labute approximate surface area is 195 Å². The first-order chi connectivity index (χ1) is 16.1. The summed E-state index contributed by atoms with van der Waals surface area (Å²) in [7, 11) is 0. The van der Waals surface area contributed by atoms with Gasteiger partial charge in [0.25, 0.3) is 0 Å². The number of carbonyl (C=O) groups excluding carboxylic acids is 1. The second-order valence-corrected chi connectivity index (χ2v) is 8.11. The van der Waals surface area contributed by atoms with Crippen molar-refractivity contribution in [1.29, 1.82) is 5.26 Å². The Balaban J connectivity index is 1.50. The van der Waals surface area contributed by atoms with E-state index >= 15 is 0 Å². The zero-order valence-electron chi connectivity index (χ0n) is 19.1. The number of nitriles is 1. The molecule has 6 nitrogen and oxygen atoms in total. The molecular formula is C27H28N4O2. The molecule has 0 aliphatic carbocycles. The van der Waals surface area contributed by atoms with E-state index in [1.54, 1.807) is 19.9 Å². The number of ether oxygens (including phenoxy) is 1. The van der Waals surface area contributed by atoms with E-state index in [4.69, 9.17) is 4.74 Å². The highest BCUT2D eigenvalue weighted by Gasteiger charge is 2.25. The quantitative estimate of drug-likeness (QED) is 0.528. The highest BCUT2D eigenvalue weighted by molar-refractivity contribution is 5.95. The van der Waals surface area contributed by atoms with Gasteiger partial charge in [0, 0.05) is 32.7 Å². The molecule has 33 heavy (non-hydrogen) atoms. The van der Waals surface area contributed by atoms with Crippen molar-refractivity contribution in [2.24, 2.45) is 0 Å². The zero-order chi connectivity index (χ0) is 23.2. The van der Waals surface area contributed by atoms with Crippen molar-refractivity contribution in [1.82, 2.24) is 9.88 Å². The molecule has 1 aliphatic heterocycles. The van der Waals surface area contributed by atoms with Gasteiger partial charge < -0.3 is 9.64 Å². The summed E-state index contributed by atoms with van der Waals surface area (Å²) >= 11 is 0. The zero-order valence-corrected chi connectivity index (χ0v) is 19.1. The minimum Gasteiger partial charge on any atom is -0.462 e. The average Bonchev–Trinajstić information content (AvgIpc) is 2.85. The predicted octanol–water partition coefficient (Wildman–Crippen LogP) is 4.43. The first-order valence-electron chi connectivity index (χ1n) is 11.3. The molecular weight excluding hydrogens is 412 g/mol. The maximum absolute atomic E-state index is 12.6. The van der Waals surface area contributed by atoms with Crippen LogP contribution in [0.25, 0.3) is 11.1 Å². The van der Waals surface area contributed by atoms with E-state index < -0.39 is 5.97 Å². The minimum atomic E-state index is -0.435. The van der Waals surface area contributed by atoms with E-state index in [0.29, 0.717) is 22.6 Å². The number of nitrogens with zero attached hydrogens (tertiary/aromatic N) is 4. The molecule has 0 atom stereocenters. The maximum Gasteiger partial charge on any atom is 0.341 e. The van der Waals surface area contributed by atoms with E-state index in [1.807, 2.05) is 6.07 Å². The van der Waals surface area contributed by atoms with Crippen LogP contribution >= 0.6 is 0 Å². The number of hydrogen-bond acceptors (Lipinski definition) is 6. The molecule has 0 unspecified atom stereocenters. The fraction of sp³-hybridized carbons (Fsp3) is 0.296. The first kappa shape index (κ1) is 22.5. The third-order valence-electron chi connectivity index (χ3n) is 5.98. The lowest BCUT2D eigenvalue weighted by Crippen LogP contribution is -2.46. The molecule has 0 N–H and O–H groups in total. The van der Waals surface area contributed by atoms with E-state index in [-0.39, 0.29) is 6.61 Å². The third-order valence-corrected chi connectivity index (χ3v) is 5.98. The lowest BCUT2D eigenvalue weighted by molar-refractivity contribution is 0.0526. The normalized spacial score (nSPS) is 14.0. The van der Waals surface area contributed by atoms with Crippen LogP contribution < -0.4 is 4.90 Å². The summed E-state index contributed by atoms with van der Waals surface area (Å²) < 4.78 is 5.23. The Hall–Kier alpha value is -3.69. The Kier molecular flexibility index (Phi) is 7.01. The molecule has 168 valence electrons. The maximum atomic E-state index is 12.6. The predicted molar refractivity (Wildman–Crippen MR) is 129 cm³/mol. The molecule has 0 spiro atoms. The average molecular weight is 441 g/mol. The Morgan fingerprint density at radius 2 is 1.76 bits per heavy atom. The highest BCUT2D eigenvalue weighted by Crippen LogP contribution is 2.27. The number of pyridine rings is 1. The van der Waals surface area contributed by atoms with Gasteiger partial charge in [0.05, 0.1) is 17.9 Å². The molecule has 2 heterocycles. The standard InChI is InChI=1S/C27H28N4O2/c1-3-33-27(32)25-17-23(18-28)20(2)29-26(25)31-15-13-30(14-16-31)19-22-11-7-8-12-24(22)21-9-5-4-6-10-21/h4-12,17H,3,13-16,19H2,1-2H3. The van der Waals surface area contributed by atoms with Gasteiger partial charge in [-0.3, -0.25) is 4.90 Å². The van der Waals surface area contributed by atoms with Crippen LogP contribution in [0.5, 0.6) is 0 Å². The largest absolute Gasteiger partial charge is 0.462 e. The van der Waals surface area contributed by atoms with Crippen molar-refractivity contribution < 1.29 is 9.53 Å². The number of aryl methyl sites for hydroxylation is 1. The number of aromatic nitrogens is 1. The molecule has 0 amide bonds. The highest BCUT2D eigenvalue weighted by atomic mass is 16.5. The fourth-order valence-electron chi connectivity index (χ4n) is 4.22. The van der Waals surface area contributed by atoms with Crippen molar-refractivity contribution in [2.75, 3.05) is 37.7 Å². The van der Waals surface area contributed by atoms with Crippen LogP contribution in [0.4, 0.5) is 5.82 Å². The lowest BCUT2D eigenvalue weighted by Gasteiger charge is -2.36. The van der Waals surface area contributed by atoms with E-state index in [1.165, 1.54) is 16.7 Å². The number of carbonyl (C=O) groups is 1. The molecule has 2 aromatic carbocycles. The van der Waals surface area contributed by atoms with Crippen LogP contribution in [0, 0.1) is 18.3 Å². The SMILES string of the molecule is CCOC(=O)c1cc(C#N)c(C)nc1N1CCN(Cc2ccccc2-c2ccccc2)CC1. The summed E-state index contributed by atoms with van der Waals surface area (Å²) in [6.07, 6.45) is 0. The van der Waals surface area contributed by atoms with Gasteiger partial charge in [-0.1, -0.05) is 54.6 Å². The molecule has 0 bridgehead atoms. The Morgan fingerprint density at radius 3 is 2.45 bits per heavy atom. The van der Waals surface area contributed by atoms with Crippen LogP contribution in [0.15, 0.2) is 60.7 Å². The molecule has 1 aliphatic rings.